The molecule has 0 radical (unpaired) electrons. The van der Waals surface area contributed by atoms with Crippen molar-refractivity contribution in [3.05, 3.63) is 65.7 Å². The number of nitrogens with zero attached hydrogens (tertiary/aromatic N) is 1. The predicted octanol–water partition coefficient (Wildman–Crippen LogP) is 1.92. The van der Waals surface area contributed by atoms with Crippen molar-refractivity contribution >= 4 is 23.4 Å². The van der Waals surface area contributed by atoms with Crippen molar-refractivity contribution in [2.24, 2.45) is 5.73 Å². The largest absolute Gasteiger partial charge is 0.366 e. The third-order valence-electron chi connectivity index (χ3n) is 4.28. The zero-order valence-electron chi connectivity index (χ0n) is 13.6. The number of hydrogen-bond acceptors (Lipinski definition) is 3. The summed E-state index contributed by atoms with van der Waals surface area (Å²) < 4.78 is 0. The summed E-state index contributed by atoms with van der Waals surface area (Å²) in [6.45, 7) is 0.384. The summed E-state index contributed by atoms with van der Waals surface area (Å²) in [5.74, 6) is -0.970. The molecule has 0 spiro atoms. The second-order valence-electron chi connectivity index (χ2n) is 5.96. The number of hydrogen-bond donors (Lipinski definition) is 2. The van der Waals surface area contributed by atoms with E-state index in [0.717, 1.165) is 5.56 Å². The van der Waals surface area contributed by atoms with Crippen molar-refractivity contribution in [3.8, 4) is 0 Å². The second kappa shape index (κ2) is 7.17. The Hall–Kier alpha value is -3.15. The van der Waals surface area contributed by atoms with Gasteiger partial charge in [0.1, 0.15) is 6.04 Å². The van der Waals surface area contributed by atoms with Crippen LogP contribution in [0.4, 0.5) is 5.69 Å². The van der Waals surface area contributed by atoms with E-state index in [1.807, 2.05) is 30.3 Å². The molecule has 3 amide bonds. The van der Waals surface area contributed by atoms with Gasteiger partial charge in [0.15, 0.2) is 0 Å². The van der Waals surface area contributed by atoms with Gasteiger partial charge in [-0.25, -0.2) is 0 Å². The summed E-state index contributed by atoms with van der Waals surface area (Å²) in [5.41, 5.74) is 6.91. The van der Waals surface area contributed by atoms with E-state index in [4.69, 9.17) is 5.73 Å². The van der Waals surface area contributed by atoms with Crippen molar-refractivity contribution in [1.82, 2.24) is 4.90 Å². The Bertz CT molecular complexity index is 805. The topological polar surface area (TPSA) is 92.5 Å². The van der Waals surface area contributed by atoms with Crippen molar-refractivity contribution in [1.29, 1.82) is 0 Å². The first-order valence-electron chi connectivity index (χ1n) is 8.09. The minimum absolute atomic E-state index is 0.0489. The summed E-state index contributed by atoms with van der Waals surface area (Å²) in [4.78, 5) is 37.9. The van der Waals surface area contributed by atoms with E-state index < -0.39 is 11.9 Å². The molecule has 128 valence electrons. The van der Waals surface area contributed by atoms with Crippen LogP contribution in [0.1, 0.15) is 28.8 Å². The molecule has 25 heavy (non-hydrogen) atoms. The van der Waals surface area contributed by atoms with E-state index in [-0.39, 0.29) is 17.4 Å². The maximum absolute atomic E-state index is 12.7. The van der Waals surface area contributed by atoms with E-state index in [0.29, 0.717) is 25.1 Å². The van der Waals surface area contributed by atoms with Crippen molar-refractivity contribution in [2.45, 2.75) is 25.4 Å². The van der Waals surface area contributed by atoms with E-state index in [1.165, 1.54) is 0 Å². The highest BCUT2D eigenvalue weighted by Gasteiger charge is 2.36. The first-order valence-corrected chi connectivity index (χ1v) is 8.09. The Morgan fingerprint density at radius 1 is 1.08 bits per heavy atom. The summed E-state index contributed by atoms with van der Waals surface area (Å²) in [6, 6.07) is 15.5. The Kier molecular flexibility index (Phi) is 4.79. The Labute approximate surface area is 145 Å². The van der Waals surface area contributed by atoms with E-state index >= 15 is 0 Å². The Morgan fingerprint density at radius 2 is 1.76 bits per heavy atom. The number of primary amides is 1. The lowest BCUT2D eigenvalue weighted by Gasteiger charge is -2.24. The van der Waals surface area contributed by atoms with Gasteiger partial charge in [0.25, 0.3) is 5.91 Å². The molecule has 1 saturated heterocycles. The zero-order valence-corrected chi connectivity index (χ0v) is 13.6. The highest BCUT2D eigenvalue weighted by Crippen LogP contribution is 2.24. The maximum atomic E-state index is 12.7. The molecular weight excluding hydrogens is 318 g/mol. The quantitative estimate of drug-likeness (QED) is 0.873. The monoisotopic (exact) mass is 337 g/mol. The molecule has 2 aromatic rings. The molecule has 1 aliphatic rings. The summed E-state index contributed by atoms with van der Waals surface area (Å²) in [6.07, 6.45) is 0.790. The van der Waals surface area contributed by atoms with Gasteiger partial charge >= 0.3 is 0 Å². The Balaban J connectivity index is 1.77. The minimum atomic E-state index is -0.612. The first-order chi connectivity index (χ1) is 12.1. The molecule has 6 nitrogen and oxygen atoms in total. The molecule has 1 aliphatic heterocycles. The normalized spacial score (nSPS) is 16.7. The number of carbonyl (C=O) groups excluding carboxylic acids is 3. The van der Waals surface area contributed by atoms with Crippen LogP contribution in [0.3, 0.4) is 0 Å². The molecule has 0 aliphatic carbocycles. The molecule has 1 atom stereocenters. The van der Waals surface area contributed by atoms with E-state index in [2.05, 4.69) is 5.32 Å². The lowest BCUT2D eigenvalue weighted by molar-refractivity contribution is -0.133. The molecule has 0 aromatic heterocycles. The minimum Gasteiger partial charge on any atom is -0.366 e. The standard InChI is InChI=1S/C19H19N3O3/c20-18(24)14-8-4-5-9-15(14)21-19(25)16-10-11-17(23)22(16)12-13-6-2-1-3-7-13/h1-9,16H,10-12H2,(H2,20,24)(H,21,25). The molecule has 0 bridgehead atoms. The number of amides is 3. The Morgan fingerprint density at radius 3 is 2.48 bits per heavy atom. The van der Waals surface area contributed by atoms with Gasteiger partial charge in [-0.2, -0.15) is 0 Å². The molecule has 1 unspecified atom stereocenters. The number of likely N-dealkylation sites (tertiary alicyclic amines) is 1. The van der Waals surface area contributed by atoms with Gasteiger partial charge < -0.3 is 16.0 Å². The predicted molar refractivity (Wildman–Crippen MR) is 93.6 cm³/mol. The molecule has 2 aromatic carbocycles. The average Bonchev–Trinajstić information content (AvgIpc) is 2.97. The number of rotatable bonds is 5. The van der Waals surface area contributed by atoms with Crippen LogP contribution < -0.4 is 11.1 Å². The van der Waals surface area contributed by atoms with Gasteiger partial charge in [0, 0.05) is 13.0 Å². The SMILES string of the molecule is NC(=O)c1ccccc1NC(=O)C1CCC(=O)N1Cc1ccccc1. The number of anilines is 1. The smallest absolute Gasteiger partial charge is 0.250 e. The molecule has 0 saturated carbocycles. The van der Waals surface area contributed by atoms with Crippen molar-refractivity contribution in [3.63, 3.8) is 0 Å². The van der Waals surface area contributed by atoms with E-state index in [1.54, 1.807) is 29.2 Å². The van der Waals surface area contributed by atoms with Gasteiger partial charge in [0.05, 0.1) is 11.3 Å². The number of nitrogens with two attached hydrogens (primary N) is 1. The fourth-order valence-electron chi connectivity index (χ4n) is 3.01. The zero-order chi connectivity index (χ0) is 17.8. The van der Waals surface area contributed by atoms with Gasteiger partial charge in [-0.05, 0) is 24.1 Å². The van der Waals surface area contributed by atoms with Crippen LogP contribution >= 0.6 is 0 Å². The summed E-state index contributed by atoms with van der Waals surface area (Å²) in [7, 11) is 0. The van der Waals surface area contributed by atoms with Crippen LogP contribution in [0.2, 0.25) is 0 Å². The van der Waals surface area contributed by atoms with Crippen LogP contribution in [-0.2, 0) is 16.1 Å². The molecule has 3 rings (SSSR count). The molecule has 1 heterocycles. The van der Waals surface area contributed by atoms with Crippen LogP contribution in [0, 0.1) is 0 Å². The summed E-state index contributed by atoms with van der Waals surface area (Å²) in [5, 5.41) is 2.74. The van der Waals surface area contributed by atoms with Gasteiger partial charge in [0.2, 0.25) is 11.8 Å². The van der Waals surface area contributed by atoms with Crippen LogP contribution in [0.5, 0.6) is 0 Å². The lowest BCUT2D eigenvalue weighted by Crippen LogP contribution is -2.41. The molecule has 6 heteroatoms. The molecule has 3 N–H and O–H groups in total. The number of carbonyl (C=O) groups is 3. The van der Waals surface area contributed by atoms with Gasteiger partial charge in [-0.3, -0.25) is 14.4 Å². The fourth-order valence-corrected chi connectivity index (χ4v) is 3.01. The summed E-state index contributed by atoms with van der Waals surface area (Å²) >= 11 is 0. The van der Waals surface area contributed by atoms with Crippen molar-refractivity contribution in [2.75, 3.05) is 5.32 Å². The highest BCUT2D eigenvalue weighted by molar-refractivity contribution is 6.05. The average molecular weight is 337 g/mol. The first kappa shape index (κ1) is 16.7. The van der Waals surface area contributed by atoms with Crippen LogP contribution in [-0.4, -0.2) is 28.7 Å². The van der Waals surface area contributed by atoms with Crippen LogP contribution in [0.25, 0.3) is 0 Å². The maximum Gasteiger partial charge on any atom is 0.250 e. The highest BCUT2D eigenvalue weighted by atomic mass is 16.2. The third-order valence-corrected chi connectivity index (χ3v) is 4.28. The molecule has 1 fully saturated rings. The third kappa shape index (κ3) is 3.68. The van der Waals surface area contributed by atoms with Crippen molar-refractivity contribution < 1.29 is 14.4 Å². The number of para-hydroxylation sites is 1. The number of nitrogens with one attached hydrogen (secondary N) is 1. The number of benzene rings is 2. The molecular formula is C19H19N3O3. The van der Waals surface area contributed by atoms with Crippen LogP contribution in [0.15, 0.2) is 54.6 Å². The van der Waals surface area contributed by atoms with E-state index in [9.17, 15) is 14.4 Å². The fraction of sp³-hybridized carbons (Fsp3) is 0.211. The lowest BCUT2D eigenvalue weighted by atomic mass is 10.1. The van der Waals surface area contributed by atoms with Gasteiger partial charge in [-0.15, -0.1) is 0 Å². The second-order valence-corrected chi connectivity index (χ2v) is 5.96. The van der Waals surface area contributed by atoms with Gasteiger partial charge in [-0.1, -0.05) is 42.5 Å².